The van der Waals surface area contributed by atoms with Crippen LogP contribution in [0.15, 0.2) is 24.3 Å². The molecule has 4 saturated carbocycles. The molecule has 0 saturated heterocycles. The zero-order valence-corrected chi connectivity index (χ0v) is 15.1. The van der Waals surface area contributed by atoms with Crippen molar-refractivity contribution in [2.45, 2.75) is 57.7 Å². The number of aryl methyl sites for hydroxylation is 1. The van der Waals surface area contributed by atoms with Crippen LogP contribution in [0.2, 0.25) is 0 Å². The van der Waals surface area contributed by atoms with Crippen LogP contribution in [0, 0.1) is 24.2 Å². The first-order valence-electron chi connectivity index (χ1n) is 9.57. The van der Waals surface area contributed by atoms with E-state index in [4.69, 9.17) is 4.74 Å². The van der Waals surface area contributed by atoms with Gasteiger partial charge in [0.2, 0.25) is 0 Å². The summed E-state index contributed by atoms with van der Waals surface area (Å²) in [6.07, 6.45) is 5.17. The smallest absolute Gasteiger partial charge is 0.312 e. The summed E-state index contributed by atoms with van der Waals surface area (Å²) in [5, 5.41) is 10.8. The van der Waals surface area contributed by atoms with Crippen molar-refractivity contribution in [3.05, 3.63) is 35.7 Å². The van der Waals surface area contributed by atoms with E-state index < -0.39 is 11.0 Å². The zero-order valence-electron chi connectivity index (χ0n) is 15.1. The number of carbonyl (C=O) groups is 1. The van der Waals surface area contributed by atoms with Crippen molar-refractivity contribution in [1.29, 1.82) is 0 Å². The minimum Gasteiger partial charge on any atom is -0.459 e. The summed E-state index contributed by atoms with van der Waals surface area (Å²) in [5.74, 6) is 0.784. The molecule has 1 aromatic carbocycles. The first-order valence-corrected chi connectivity index (χ1v) is 9.57. The first-order chi connectivity index (χ1) is 12.4. The highest BCUT2D eigenvalue weighted by Gasteiger charge is 2.60. The maximum absolute atomic E-state index is 13.0. The molecule has 0 spiro atoms. The number of ether oxygens (including phenoxy) is 1. The number of aliphatic hydroxyl groups is 1. The number of fused-ring (bicyclic) bond motifs is 1. The summed E-state index contributed by atoms with van der Waals surface area (Å²) >= 11 is 0. The van der Waals surface area contributed by atoms with Crippen LogP contribution in [0.3, 0.4) is 0 Å². The summed E-state index contributed by atoms with van der Waals surface area (Å²) in [6, 6.07) is 7.72. The Hall–Kier alpha value is -2.01. The van der Waals surface area contributed by atoms with Crippen LogP contribution in [-0.2, 0) is 16.1 Å². The standard InChI is InChI=1S/C21H24N2O3/c1-13-18(23-17-5-3-2-4-16(17)22-13)11-26-19(24)20-7-14-6-15(8-20)10-21(25,9-14)12-20/h2-5,14-15,25H,6-12H2,1H3/t14-,15+,20?,21?. The lowest BCUT2D eigenvalue weighted by molar-refractivity contribution is -0.197. The van der Waals surface area contributed by atoms with Gasteiger partial charge in [0.15, 0.2) is 0 Å². The van der Waals surface area contributed by atoms with Crippen molar-refractivity contribution in [3.63, 3.8) is 0 Å². The van der Waals surface area contributed by atoms with Crippen molar-refractivity contribution in [2.75, 3.05) is 0 Å². The summed E-state index contributed by atoms with van der Waals surface area (Å²) in [7, 11) is 0. The molecule has 4 atom stereocenters. The van der Waals surface area contributed by atoms with E-state index in [0.29, 0.717) is 24.0 Å². The minimum absolute atomic E-state index is 0.151. The highest BCUT2D eigenvalue weighted by molar-refractivity contribution is 5.78. The molecule has 0 aliphatic heterocycles. The number of aromatic nitrogens is 2. The van der Waals surface area contributed by atoms with E-state index in [2.05, 4.69) is 9.97 Å². The molecule has 2 unspecified atom stereocenters. The second-order valence-corrected chi connectivity index (χ2v) is 8.79. The van der Waals surface area contributed by atoms with Crippen molar-refractivity contribution >= 4 is 17.0 Å². The molecule has 0 radical (unpaired) electrons. The Labute approximate surface area is 152 Å². The van der Waals surface area contributed by atoms with E-state index in [0.717, 1.165) is 48.8 Å². The average molecular weight is 352 g/mol. The Morgan fingerprint density at radius 3 is 2.46 bits per heavy atom. The van der Waals surface area contributed by atoms with E-state index in [1.165, 1.54) is 0 Å². The van der Waals surface area contributed by atoms with Crippen molar-refractivity contribution < 1.29 is 14.6 Å². The summed E-state index contributed by atoms with van der Waals surface area (Å²) in [4.78, 5) is 22.2. The number of carbonyl (C=O) groups excluding carboxylic acids is 1. The largest absolute Gasteiger partial charge is 0.459 e. The van der Waals surface area contributed by atoms with Crippen molar-refractivity contribution in [1.82, 2.24) is 9.97 Å². The molecule has 6 rings (SSSR count). The van der Waals surface area contributed by atoms with Crippen LogP contribution < -0.4 is 0 Å². The lowest BCUT2D eigenvalue weighted by atomic mass is 9.48. The third-order valence-corrected chi connectivity index (χ3v) is 6.65. The van der Waals surface area contributed by atoms with Gasteiger partial charge in [0.1, 0.15) is 6.61 Å². The van der Waals surface area contributed by atoms with Crippen LogP contribution in [0.4, 0.5) is 0 Å². The predicted molar refractivity (Wildman–Crippen MR) is 96.1 cm³/mol. The zero-order chi connectivity index (χ0) is 17.9. The molecule has 1 N–H and O–H groups in total. The third-order valence-electron chi connectivity index (χ3n) is 6.65. The number of para-hydroxylation sites is 2. The number of nitrogens with zero attached hydrogens (tertiary/aromatic N) is 2. The van der Waals surface area contributed by atoms with Crippen molar-refractivity contribution in [2.24, 2.45) is 17.3 Å². The lowest BCUT2D eigenvalue weighted by Crippen LogP contribution is -2.58. The molecular weight excluding hydrogens is 328 g/mol. The molecule has 5 nitrogen and oxygen atoms in total. The Kier molecular flexibility index (Phi) is 3.42. The molecule has 1 aromatic heterocycles. The van der Waals surface area contributed by atoms with Gasteiger partial charge >= 0.3 is 5.97 Å². The number of hydrogen-bond donors (Lipinski definition) is 1. The number of hydrogen-bond acceptors (Lipinski definition) is 5. The number of esters is 1. The van der Waals surface area contributed by atoms with E-state index in [1.807, 2.05) is 31.2 Å². The van der Waals surface area contributed by atoms with Gasteiger partial charge in [0, 0.05) is 0 Å². The summed E-state index contributed by atoms with van der Waals surface area (Å²) < 4.78 is 5.74. The monoisotopic (exact) mass is 352 g/mol. The molecule has 4 bridgehead atoms. The van der Waals surface area contributed by atoms with Gasteiger partial charge in [0.25, 0.3) is 0 Å². The fourth-order valence-electron chi connectivity index (χ4n) is 6.00. The summed E-state index contributed by atoms with van der Waals surface area (Å²) in [5.41, 5.74) is 2.02. The first kappa shape index (κ1) is 16.2. The molecule has 1 heterocycles. The van der Waals surface area contributed by atoms with Gasteiger partial charge in [-0.15, -0.1) is 0 Å². The average Bonchev–Trinajstić information content (AvgIpc) is 2.57. The normalized spacial score (nSPS) is 35.0. The molecule has 4 aliphatic rings. The van der Waals surface area contributed by atoms with Crippen molar-refractivity contribution in [3.8, 4) is 0 Å². The Bertz CT molecular complexity index is 880. The van der Waals surface area contributed by atoms with Crippen LogP contribution in [0.25, 0.3) is 11.0 Å². The molecule has 4 aliphatic carbocycles. The second-order valence-electron chi connectivity index (χ2n) is 8.79. The third kappa shape index (κ3) is 2.52. The Morgan fingerprint density at radius 2 is 1.81 bits per heavy atom. The van der Waals surface area contributed by atoms with Gasteiger partial charge in [0.05, 0.1) is 33.4 Å². The fraction of sp³-hybridized carbons (Fsp3) is 0.571. The molecule has 136 valence electrons. The van der Waals surface area contributed by atoms with Crippen LogP contribution in [0.5, 0.6) is 0 Å². The van der Waals surface area contributed by atoms with E-state index in [-0.39, 0.29) is 12.6 Å². The maximum Gasteiger partial charge on any atom is 0.312 e. The lowest BCUT2D eigenvalue weighted by Gasteiger charge is -2.58. The Morgan fingerprint density at radius 1 is 1.15 bits per heavy atom. The molecule has 26 heavy (non-hydrogen) atoms. The molecule has 2 aromatic rings. The van der Waals surface area contributed by atoms with Crippen LogP contribution in [0.1, 0.15) is 49.9 Å². The SMILES string of the molecule is Cc1nc2ccccc2nc1COC(=O)C12C[C@@H]3C[C@@H](CC(O)(C3)C1)C2. The van der Waals surface area contributed by atoms with E-state index >= 15 is 0 Å². The van der Waals surface area contributed by atoms with Gasteiger partial charge in [-0.25, -0.2) is 9.97 Å². The van der Waals surface area contributed by atoms with Gasteiger partial charge in [-0.2, -0.15) is 0 Å². The van der Waals surface area contributed by atoms with E-state index in [1.54, 1.807) is 0 Å². The molecule has 4 fully saturated rings. The van der Waals surface area contributed by atoms with Crippen LogP contribution >= 0.6 is 0 Å². The van der Waals surface area contributed by atoms with Gasteiger partial charge in [-0.05, 0) is 69.4 Å². The minimum atomic E-state index is -0.651. The van der Waals surface area contributed by atoms with Gasteiger partial charge in [-0.3, -0.25) is 4.79 Å². The van der Waals surface area contributed by atoms with E-state index in [9.17, 15) is 9.90 Å². The second kappa shape index (κ2) is 5.49. The molecular formula is C21H24N2O3. The molecule has 5 heteroatoms. The number of rotatable bonds is 3. The fourth-order valence-corrected chi connectivity index (χ4v) is 6.00. The highest BCUT2D eigenvalue weighted by Crippen LogP contribution is 2.62. The Balaban J connectivity index is 1.36. The van der Waals surface area contributed by atoms with Gasteiger partial charge in [-0.1, -0.05) is 12.1 Å². The highest BCUT2D eigenvalue weighted by atomic mass is 16.5. The predicted octanol–water partition coefficient (Wildman–Crippen LogP) is 3.31. The topological polar surface area (TPSA) is 72.3 Å². The van der Waals surface area contributed by atoms with Gasteiger partial charge < -0.3 is 9.84 Å². The number of benzene rings is 1. The maximum atomic E-state index is 13.0. The summed E-state index contributed by atoms with van der Waals surface area (Å²) in [6.45, 7) is 2.05. The molecule has 0 amide bonds. The quantitative estimate of drug-likeness (QED) is 0.858. The van der Waals surface area contributed by atoms with Crippen LogP contribution in [-0.4, -0.2) is 26.6 Å².